The molecule has 86 valence electrons. The van der Waals surface area contributed by atoms with Crippen LogP contribution in [0.15, 0.2) is 24.4 Å². The lowest BCUT2D eigenvalue weighted by atomic mass is 10.0. The Balaban J connectivity index is 2.62. The van der Waals surface area contributed by atoms with E-state index in [-0.39, 0.29) is 6.04 Å². The summed E-state index contributed by atoms with van der Waals surface area (Å²) < 4.78 is 2.23. The summed E-state index contributed by atoms with van der Waals surface area (Å²) in [6.45, 7) is 4.26. The lowest BCUT2D eigenvalue weighted by Gasteiger charge is -2.04. The summed E-state index contributed by atoms with van der Waals surface area (Å²) in [5.74, 6) is 0. The number of para-hydroxylation sites is 1. The van der Waals surface area contributed by atoms with Crippen LogP contribution >= 0.6 is 0 Å². The fourth-order valence-electron chi connectivity index (χ4n) is 2.43. The van der Waals surface area contributed by atoms with Crippen LogP contribution in [0.25, 0.3) is 10.9 Å². The number of rotatable bonds is 3. The molecule has 1 unspecified atom stereocenters. The number of hydrogen-bond donors (Lipinski definition) is 1. The van der Waals surface area contributed by atoms with Crippen LogP contribution in [0.4, 0.5) is 0 Å². The normalized spacial score (nSPS) is 13.2. The molecule has 1 aromatic carbocycles. The first kappa shape index (κ1) is 11.2. The van der Waals surface area contributed by atoms with Crippen molar-refractivity contribution >= 4 is 10.9 Å². The number of aromatic nitrogens is 1. The minimum Gasteiger partial charge on any atom is -0.350 e. The van der Waals surface area contributed by atoms with Crippen molar-refractivity contribution in [2.24, 2.45) is 12.8 Å². The van der Waals surface area contributed by atoms with Gasteiger partial charge in [0.25, 0.3) is 0 Å². The summed E-state index contributed by atoms with van der Waals surface area (Å²) in [4.78, 5) is 0. The molecule has 2 rings (SSSR count). The molecule has 0 aliphatic carbocycles. The fraction of sp³-hybridized carbons (Fsp3) is 0.429. The highest BCUT2D eigenvalue weighted by Gasteiger charge is 2.10. The van der Waals surface area contributed by atoms with E-state index < -0.39 is 0 Å². The smallest absolute Gasteiger partial charge is 0.0512 e. The summed E-state index contributed by atoms with van der Waals surface area (Å²) in [5.41, 5.74) is 10.0. The highest BCUT2D eigenvalue weighted by Crippen LogP contribution is 2.25. The molecule has 0 saturated heterocycles. The van der Waals surface area contributed by atoms with Crippen molar-refractivity contribution < 1.29 is 0 Å². The Labute approximate surface area is 97.1 Å². The second-order valence-corrected chi connectivity index (χ2v) is 4.61. The first-order valence-electron chi connectivity index (χ1n) is 5.94. The molecule has 16 heavy (non-hydrogen) atoms. The van der Waals surface area contributed by atoms with Crippen molar-refractivity contribution in [3.05, 3.63) is 35.5 Å². The summed E-state index contributed by atoms with van der Waals surface area (Å²) in [6.07, 6.45) is 4.24. The molecule has 1 heterocycles. The van der Waals surface area contributed by atoms with Crippen molar-refractivity contribution in [3.8, 4) is 0 Å². The van der Waals surface area contributed by atoms with E-state index in [1.807, 2.05) is 0 Å². The van der Waals surface area contributed by atoms with Crippen LogP contribution in [0, 0.1) is 0 Å². The third-order valence-corrected chi connectivity index (χ3v) is 3.09. The van der Waals surface area contributed by atoms with Gasteiger partial charge in [-0.05, 0) is 30.9 Å². The first-order valence-corrected chi connectivity index (χ1v) is 5.94. The number of benzene rings is 1. The highest BCUT2D eigenvalue weighted by molar-refractivity contribution is 5.86. The monoisotopic (exact) mass is 216 g/mol. The molecule has 1 atom stereocenters. The molecular formula is C14H20N2. The van der Waals surface area contributed by atoms with E-state index >= 15 is 0 Å². The van der Waals surface area contributed by atoms with E-state index in [1.54, 1.807) is 0 Å². The minimum absolute atomic E-state index is 0.218. The molecule has 2 nitrogen and oxygen atoms in total. The minimum atomic E-state index is 0.218. The molecule has 0 aliphatic rings. The maximum absolute atomic E-state index is 5.89. The van der Waals surface area contributed by atoms with Crippen molar-refractivity contribution in [2.75, 3.05) is 0 Å². The standard InChI is InChI=1S/C14H20N2/c1-4-11-6-5-7-13-12(8-10(2)15)9-16(3)14(11)13/h5-7,9-10H,4,8,15H2,1-3H3. The quantitative estimate of drug-likeness (QED) is 0.840. The Morgan fingerprint density at radius 2 is 2.06 bits per heavy atom. The van der Waals surface area contributed by atoms with Gasteiger partial charge in [0.05, 0.1) is 5.52 Å². The van der Waals surface area contributed by atoms with Crippen molar-refractivity contribution in [3.63, 3.8) is 0 Å². The Kier molecular flexibility index (Phi) is 3.01. The van der Waals surface area contributed by atoms with Crippen LogP contribution in [-0.4, -0.2) is 10.6 Å². The zero-order chi connectivity index (χ0) is 11.7. The molecule has 0 fully saturated rings. The van der Waals surface area contributed by atoms with Crippen LogP contribution in [0.5, 0.6) is 0 Å². The molecular weight excluding hydrogens is 196 g/mol. The van der Waals surface area contributed by atoms with Gasteiger partial charge in [-0.3, -0.25) is 0 Å². The van der Waals surface area contributed by atoms with Gasteiger partial charge in [0.2, 0.25) is 0 Å². The third-order valence-electron chi connectivity index (χ3n) is 3.09. The largest absolute Gasteiger partial charge is 0.350 e. The van der Waals surface area contributed by atoms with Crippen LogP contribution in [0.2, 0.25) is 0 Å². The van der Waals surface area contributed by atoms with Gasteiger partial charge in [0.1, 0.15) is 0 Å². The van der Waals surface area contributed by atoms with Crippen LogP contribution in [0.3, 0.4) is 0 Å². The van der Waals surface area contributed by atoms with Gasteiger partial charge in [0, 0.05) is 24.7 Å². The van der Waals surface area contributed by atoms with Gasteiger partial charge in [-0.1, -0.05) is 25.1 Å². The molecule has 0 bridgehead atoms. The van der Waals surface area contributed by atoms with Gasteiger partial charge >= 0.3 is 0 Å². The van der Waals surface area contributed by atoms with Gasteiger partial charge in [0.15, 0.2) is 0 Å². The molecule has 2 heteroatoms. The van der Waals surface area contributed by atoms with Gasteiger partial charge < -0.3 is 10.3 Å². The van der Waals surface area contributed by atoms with Crippen molar-refractivity contribution in [1.29, 1.82) is 0 Å². The molecule has 1 aromatic heterocycles. The van der Waals surface area contributed by atoms with E-state index in [4.69, 9.17) is 5.73 Å². The lowest BCUT2D eigenvalue weighted by Crippen LogP contribution is -2.17. The SMILES string of the molecule is CCc1cccc2c(CC(C)N)cn(C)c12. The average Bonchev–Trinajstić information content (AvgIpc) is 2.55. The van der Waals surface area contributed by atoms with E-state index in [0.717, 1.165) is 12.8 Å². The topological polar surface area (TPSA) is 30.9 Å². The molecule has 2 aromatic rings. The van der Waals surface area contributed by atoms with E-state index in [1.165, 1.54) is 22.0 Å². The summed E-state index contributed by atoms with van der Waals surface area (Å²) in [7, 11) is 2.12. The first-order chi connectivity index (χ1) is 7.63. The van der Waals surface area contributed by atoms with E-state index in [2.05, 4.69) is 49.9 Å². The Hall–Kier alpha value is -1.28. The molecule has 2 N–H and O–H groups in total. The second kappa shape index (κ2) is 4.30. The molecule has 0 amide bonds. The molecule has 0 radical (unpaired) electrons. The number of aryl methyl sites for hydroxylation is 2. The van der Waals surface area contributed by atoms with Crippen molar-refractivity contribution in [2.45, 2.75) is 32.7 Å². The third kappa shape index (κ3) is 1.85. The number of nitrogens with zero attached hydrogens (tertiary/aromatic N) is 1. The lowest BCUT2D eigenvalue weighted by molar-refractivity contribution is 0.738. The Morgan fingerprint density at radius 3 is 2.69 bits per heavy atom. The van der Waals surface area contributed by atoms with Gasteiger partial charge in [-0.15, -0.1) is 0 Å². The predicted octanol–water partition coefficient (Wildman–Crippen LogP) is 2.63. The molecule has 0 saturated carbocycles. The Morgan fingerprint density at radius 1 is 1.31 bits per heavy atom. The van der Waals surface area contributed by atoms with Crippen LogP contribution in [-0.2, 0) is 19.9 Å². The van der Waals surface area contributed by atoms with Crippen LogP contribution in [0.1, 0.15) is 25.0 Å². The second-order valence-electron chi connectivity index (χ2n) is 4.61. The summed E-state index contributed by atoms with van der Waals surface area (Å²) in [6, 6.07) is 6.77. The van der Waals surface area contributed by atoms with Gasteiger partial charge in [-0.25, -0.2) is 0 Å². The van der Waals surface area contributed by atoms with Gasteiger partial charge in [-0.2, -0.15) is 0 Å². The summed E-state index contributed by atoms with van der Waals surface area (Å²) >= 11 is 0. The number of fused-ring (bicyclic) bond motifs is 1. The van der Waals surface area contributed by atoms with Crippen molar-refractivity contribution in [1.82, 2.24) is 4.57 Å². The highest BCUT2D eigenvalue weighted by atomic mass is 14.9. The molecule has 0 aliphatic heterocycles. The summed E-state index contributed by atoms with van der Waals surface area (Å²) in [5, 5.41) is 1.36. The van der Waals surface area contributed by atoms with E-state index in [9.17, 15) is 0 Å². The maximum Gasteiger partial charge on any atom is 0.0512 e. The average molecular weight is 216 g/mol. The van der Waals surface area contributed by atoms with E-state index in [0.29, 0.717) is 0 Å². The van der Waals surface area contributed by atoms with Crippen LogP contribution < -0.4 is 5.73 Å². The fourth-order valence-corrected chi connectivity index (χ4v) is 2.43. The zero-order valence-electron chi connectivity index (χ0n) is 10.3. The maximum atomic E-state index is 5.89. The Bertz CT molecular complexity index is 495. The predicted molar refractivity (Wildman–Crippen MR) is 69.7 cm³/mol. The zero-order valence-corrected chi connectivity index (χ0v) is 10.3. The number of nitrogens with two attached hydrogens (primary N) is 1. The number of hydrogen-bond acceptors (Lipinski definition) is 1. The molecule has 0 spiro atoms.